The van der Waals surface area contributed by atoms with E-state index < -0.39 is 0 Å². The second-order valence-electron chi connectivity index (χ2n) is 7.66. The zero-order chi connectivity index (χ0) is 16.5. The number of amides is 1. The minimum atomic E-state index is 0.237. The molecule has 1 unspecified atom stereocenters. The Morgan fingerprint density at radius 1 is 1.21 bits per heavy atom. The van der Waals surface area contributed by atoms with E-state index in [2.05, 4.69) is 32.8 Å². The Morgan fingerprint density at radius 3 is 2.83 bits per heavy atom. The molecule has 0 spiro atoms. The van der Waals surface area contributed by atoms with Crippen molar-refractivity contribution in [3.8, 4) is 0 Å². The second kappa shape index (κ2) is 6.84. The van der Waals surface area contributed by atoms with Crippen molar-refractivity contribution in [3.63, 3.8) is 0 Å². The van der Waals surface area contributed by atoms with Crippen LogP contribution < -0.4 is 4.90 Å². The lowest BCUT2D eigenvalue weighted by molar-refractivity contribution is -0.117. The van der Waals surface area contributed by atoms with E-state index in [4.69, 9.17) is 0 Å². The molecule has 1 aromatic rings. The van der Waals surface area contributed by atoms with E-state index in [1.54, 1.807) is 0 Å². The van der Waals surface area contributed by atoms with Gasteiger partial charge in [0.05, 0.1) is 17.9 Å². The topological polar surface area (TPSA) is 44.6 Å². The fraction of sp³-hybridized carbons (Fsp3) is 0.778. The fourth-order valence-electron chi connectivity index (χ4n) is 4.32. The summed E-state index contributed by atoms with van der Waals surface area (Å²) in [5.74, 6) is 0.237. The Balaban J connectivity index is 1.24. The van der Waals surface area contributed by atoms with Gasteiger partial charge in [-0.15, -0.1) is 0 Å². The molecule has 3 aliphatic rings. The highest BCUT2D eigenvalue weighted by molar-refractivity contribution is 5.95. The van der Waals surface area contributed by atoms with Crippen LogP contribution in [0.2, 0.25) is 0 Å². The first-order valence-corrected chi connectivity index (χ1v) is 9.48. The third-order valence-electron chi connectivity index (χ3n) is 5.99. The van der Waals surface area contributed by atoms with Crippen LogP contribution in [0.25, 0.3) is 0 Å². The van der Waals surface area contributed by atoms with E-state index in [9.17, 15) is 4.79 Å². The first kappa shape index (κ1) is 16.1. The van der Waals surface area contributed by atoms with Gasteiger partial charge < -0.3 is 9.80 Å². The largest absolute Gasteiger partial charge is 0.309 e. The van der Waals surface area contributed by atoms with Crippen molar-refractivity contribution in [3.05, 3.63) is 12.4 Å². The van der Waals surface area contributed by atoms with E-state index in [1.807, 2.05) is 11.1 Å². The average molecular weight is 331 g/mol. The smallest absolute Gasteiger partial charge is 0.227 e. The normalized spacial score (nSPS) is 27.0. The molecule has 3 saturated heterocycles. The van der Waals surface area contributed by atoms with Crippen LogP contribution >= 0.6 is 0 Å². The molecular weight excluding hydrogens is 302 g/mol. The van der Waals surface area contributed by atoms with Gasteiger partial charge >= 0.3 is 0 Å². The summed E-state index contributed by atoms with van der Waals surface area (Å²) < 4.78 is 2.06. The number of hydrogen-bond donors (Lipinski definition) is 0. The highest BCUT2D eigenvalue weighted by atomic mass is 16.2. The first-order chi connectivity index (χ1) is 11.7. The number of rotatable bonds is 5. The summed E-state index contributed by atoms with van der Waals surface area (Å²) in [6, 6.07) is 1.25. The predicted octanol–water partition coefficient (Wildman–Crippen LogP) is 1.74. The van der Waals surface area contributed by atoms with Gasteiger partial charge in [-0.2, -0.15) is 5.10 Å². The van der Waals surface area contributed by atoms with Gasteiger partial charge in [-0.1, -0.05) is 6.42 Å². The molecule has 1 amide bonds. The molecule has 0 radical (unpaired) electrons. The van der Waals surface area contributed by atoms with Gasteiger partial charge in [0.1, 0.15) is 0 Å². The maximum absolute atomic E-state index is 11.8. The number of hydrogen-bond acceptors (Lipinski definition) is 4. The fourth-order valence-corrected chi connectivity index (χ4v) is 4.32. The van der Waals surface area contributed by atoms with E-state index >= 15 is 0 Å². The SMILES string of the molecule is CN1CCCCC1CCN1CC(n2cc(N3CCCC3=O)cn2)C1. The lowest BCUT2D eigenvalue weighted by Crippen LogP contribution is -2.49. The van der Waals surface area contributed by atoms with E-state index in [1.165, 1.54) is 38.8 Å². The Kier molecular flexibility index (Phi) is 4.59. The lowest BCUT2D eigenvalue weighted by Gasteiger charge is -2.41. The molecular formula is C18H29N5O. The molecule has 0 aliphatic carbocycles. The molecule has 3 aliphatic heterocycles. The van der Waals surface area contributed by atoms with Gasteiger partial charge in [-0.05, 0) is 45.8 Å². The summed E-state index contributed by atoms with van der Waals surface area (Å²) >= 11 is 0. The highest BCUT2D eigenvalue weighted by Crippen LogP contribution is 2.26. The lowest BCUT2D eigenvalue weighted by atomic mass is 9.99. The number of piperidine rings is 1. The monoisotopic (exact) mass is 331 g/mol. The van der Waals surface area contributed by atoms with Gasteiger partial charge in [0.25, 0.3) is 0 Å². The summed E-state index contributed by atoms with van der Waals surface area (Å²) in [7, 11) is 2.27. The van der Waals surface area contributed by atoms with Crippen LogP contribution in [-0.2, 0) is 4.79 Å². The third-order valence-corrected chi connectivity index (χ3v) is 5.99. The molecule has 0 bridgehead atoms. The molecule has 1 aromatic heterocycles. The molecule has 4 rings (SSSR count). The van der Waals surface area contributed by atoms with Crippen molar-refractivity contribution in [2.45, 2.75) is 50.6 Å². The van der Waals surface area contributed by atoms with Gasteiger partial charge in [0.15, 0.2) is 0 Å². The summed E-state index contributed by atoms with van der Waals surface area (Å²) in [6.07, 6.45) is 11.0. The maximum atomic E-state index is 11.8. The second-order valence-corrected chi connectivity index (χ2v) is 7.66. The zero-order valence-electron chi connectivity index (χ0n) is 14.7. The van der Waals surface area contributed by atoms with Gasteiger partial charge in [0.2, 0.25) is 5.91 Å². The molecule has 0 saturated carbocycles. The molecule has 6 nitrogen and oxygen atoms in total. The van der Waals surface area contributed by atoms with Crippen LogP contribution in [0.3, 0.4) is 0 Å². The van der Waals surface area contributed by atoms with Gasteiger partial charge in [-0.3, -0.25) is 14.4 Å². The molecule has 4 heterocycles. The maximum Gasteiger partial charge on any atom is 0.227 e. The molecule has 132 valence electrons. The first-order valence-electron chi connectivity index (χ1n) is 9.48. The number of carbonyl (C=O) groups excluding carboxylic acids is 1. The Hall–Kier alpha value is -1.40. The summed E-state index contributed by atoms with van der Waals surface area (Å²) in [4.78, 5) is 18.8. The minimum Gasteiger partial charge on any atom is -0.309 e. The van der Waals surface area contributed by atoms with Gasteiger partial charge in [-0.25, -0.2) is 0 Å². The quantitative estimate of drug-likeness (QED) is 0.824. The Morgan fingerprint density at radius 2 is 2.08 bits per heavy atom. The van der Waals surface area contributed by atoms with Crippen LogP contribution in [0.5, 0.6) is 0 Å². The Labute approximate surface area is 144 Å². The van der Waals surface area contributed by atoms with Crippen LogP contribution in [0, 0.1) is 0 Å². The molecule has 24 heavy (non-hydrogen) atoms. The highest BCUT2D eigenvalue weighted by Gasteiger charge is 2.31. The van der Waals surface area contributed by atoms with Crippen LogP contribution in [0.1, 0.15) is 44.6 Å². The minimum absolute atomic E-state index is 0.237. The summed E-state index contributed by atoms with van der Waals surface area (Å²) in [5.41, 5.74) is 0.972. The van der Waals surface area contributed by atoms with Crippen LogP contribution in [0.4, 0.5) is 5.69 Å². The van der Waals surface area contributed by atoms with Crippen molar-refractivity contribution in [2.75, 3.05) is 44.7 Å². The molecule has 0 aromatic carbocycles. The summed E-state index contributed by atoms with van der Waals surface area (Å²) in [6.45, 7) is 5.48. The van der Waals surface area contributed by atoms with Crippen molar-refractivity contribution in [1.29, 1.82) is 0 Å². The van der Waals surface area contributed by atoms with Crippen molar-refractivity contribution >= 4 is 11.6 Å². The molecule has 6 heteroatoms. The predicted molar refractivity (Wildman–Crippen MR) is 94.2 cm³/mol. The Bertz CT molecular complexity index is 580. The average Bonchev–Trinajstić information content (AvgIpc) is 3.16. The van der Waals surface area contributed by atoms with E-state index in [0.29, 0.717) is 12.5 Å². The third kappa shape index (κ3) is 3.22. The molecule has 1 atom stereocenters. The number of aromatic nitrogens is 2. The number of carbonyl (C=O) groups is 1. The zero-order valence-corrected chi connectivity index (χ0v) is 14.7. The standard InChI is InChI=1S/C18H29N5O/c1-20-8-3-2-5-15(20)7-10-21-12-17(13-21)23-14-16(11-19-23)22-9-4-6-18(22)24/h11,14-15,17H,2-10,12-13H2,1H3. The molecule has 0 N–H and O–H groups in total. The summed E-state index contributed by atoms with van der Waals surface area (Å²) in [5, 5.41) is 4.50. The van der Waals surface area contributed by atoms with E-state index in [0.717, 1.165) is 37.8 Å². The number of nitrogens with zero attached hydrogens (tertiary/aromatic N) is 5. The van der Waals surface area contributed by atoms with Gasteiger partial charge in [0, 0.05) is 38.3 Å². The molecule has 3 fully saturated rings. The van der Waals surface area contributed by atoms with Crippen molar-refractivity contribution in [1.82, 2.24) is 19.6 Å². The number of likely N-dealkylation sites (tertiary alicyclic amines) is 2. The number of anilines is 1. The van der Waals surface area contributed by atoms with Crippen LogP contribution in [0.15, 0.2) is 12.4 Å². The van der Waals surface area contributed by atoms with Crippen LogP contribution in [-0.4, -0.2) is 71.3 Å². The van der Waals surface area contributed by atoms with E-state index in [-0.39, 0.29) is 5.91 Å². The van der Waals surface area contributed by atoms with Crippen molar-refractivity contribution in [2.24, 2.45) is 0 Å². The van der Waals surface area contributed by atoms with Crippen molar-refractivity contribution < 1.29 is 4.79 Å².